The van der Waals surface area contributed by atoms with Gasteiger partial charge < -0.3 is 11.1 Å². The topological polar surface area (TPSA) is 61.6 Å². The quantitative estimate of drug-likeness (QED) is 0.737. The summed E-state index contributed by atoms with van der Waals surface area (Å²) in [6.07, 6.45) is 3.81. The van der Waals surface area contributed by atoms with E-state index >= 15 is 0 Å². The van der Waals surface area contributed by atoms with Gasteiger partial charge in [-0.15, -0.1) is 0 Å². The fourth-order valence-corrected chi connectivity index (χ4v) is 3.48. The van der Waals surface area contributed by atoms with Gasteiger partial charge in [-0.3, -0.25) is 14.6 Å². The number of amides is 1. The summed E-state index contributed by atoms with van der Waals surface area (Å²) in [5.74, 6) is -0.248. The Hall–Kier alpha value is -0.650. The second-order valence-electron chi connectivity index (χ2n) is 6.15. The standard InChI is InChI=1S/C14H28N4O/c1-3-16-14(2,13(15)19)11-17-7-5-9-18-8-4-6-12(18)10-17/h12,16H,3-11H2,1-2H3,(H2,15,19). The Labute approximate surface area is 116 Å². The molecule has 0 radical (unpaired) electrons. The lowest BCUT2D eigenvalue weighted by Crippen LogP contribution is -2.60. The molecule has 0 spiro atoms. The third-order valence-corrected chi connectivity index (χ3v) is 4.54. The van der Waals surface area contributed by atoms with Crippen molar-refractivity contribution in [3.05, 3.63) is 0 Å². The number of hydrogen-bond acceptors (Lipinski definition) is 4. The lowest BCUT2D eigenvalue weighted by atomic mass is 10.00. The lowest BCUT2D eigenvalue weighted by molar-refractivity contribution is -0.124. The molecule has 3 N–H and O–H groups in total. The van der Waals surface area contributed by atoms with Crippen LogP contribution in [-0.4, -0.2) is 66.6 Å². The van der Waals surface area contributed by atoms with E-state index in [1.165, 1.54) is 32.4 Å². The second-order valence-corrected chi connectivity index (χ2v) is 6.15. The van der Waals surface area contributed by atoms with Crippen LogP contribution in [0.5, 0.6) is 0 Å². The van der Waals surface area contributed by atoms with Gasteiger partial charge in [0.1, 0.15) is 5.54 Å². The first kappa shape index (κ1) is 14.8. The van der Waals surface area contributed by atoms with Crippen LogP contribution < -0.4 is 11.1 Å². The van der Waals surface area contributed by atoms with E-state index in [1.54, 1.807) is 0 Å². The average molecular weight is 268 g/mol. The van der Waals surface area contributed by atoms with Gasteiger partial charge in [-0.1, -0.05) is 6.92 Å². The summed E-state index contributed by atoms with van der Waals surface area (Å²) in [4.78, 5) is 16.7. The zero-order chi connectivity index (χ0) is 13.9. The van der Waals surface area contributed by atoms with Crippen LogP contribution in [0.25, 0.3) is 0 Å². The number of nitrogens with two attached hydrogens (primary N) is 1. The summed E-state index contributed by atoms with van der Waals surface area (Å²) >= 11 is 0. The maximum Gasteiger partial charge on any atom is 0.238 e. The molecule has 2 rings (SSSR count). The van der Waals surface area contributed by atoms with Gasteiger partial charge in [0.15, 0.2) is 0 Å². The fraction of sp³-hybridized carbons (Fsp3) is 0.929. The molecule has 0 aliphatic carbocycles. The van der Waals surface area contributed by atoms with E-state index < -0.39 is 5.54 Å². The highest BCUT2D eigenvalue weighted by Crippen LogP contribution is 2.22. The van der Waals surface area contributed by atoms with E-state index in [-0.39, 0.29) is 5.91 Å². The van der Waals surface area contributed by atoms with Crippen LogP contribution >= 0.6 is 0 Å². The van der Waals surface area contributed by atoms with E-state index in [4.69, 9.17) is 5.73 Å². The molecule has 110 valence electrons. The molecule has 0 aromatic rings. The molecule has 0 saturated carbocycles. The Morgan fingerprint density at radius 3 is 2.79 bits per heavy atom. The number of hydrogen-bond donors (Lipinski definition) is 2. The highest BCUT2D eigenvalue weighted by Gasteiger charge is 2.35. The van der Waals surface area contributed by atoms with Crippen molar-refractivity contribution in [1.29, 1.82) is 0 Å². The van der Waals surface area contributed by atoms with Crippen molar-refractivity contribution in [1.82, 2.24) is 15.1 Å². The molecule has 19 heavy (non-hydrogen) atoms. The van der Waals surface area contributed by atoms with Gasteiger partial charge in [0.05, 0.1) is 0 Å². The number of carbonyl (C=O) groups is 1. The Morgan fingerprint density at radius 2 is 2.11 bits per heavy atom. The SMILES string of the molecule is CCNC(C)(CN1CCCN2CCCC2C1)C(N)=O. The molecule has 0 bridgehead atoms. The first-order valence-electron chi connectivity index (χ1n) is 7.56. The van der Waals surface area contributed by atoms with Crippen LogP contribution in [0.4, 0.5) is 0 Å². The van der Waals surface area contributed by atoms with Gasteiger partial charge in [-0.25, -0.2) is 0 Å². The van der Waals surface area contributed by atoms with Crippen molar-refractivity contribution in [3.8, 4) is 0 Å². The first-order chi connectivity index (χ1) is 9.05. The molecule has 2 atom stereocenters. The van der Waals surface area contributed by atoms with Crippen molar-refractivity contribution in [2.45, 2.75) is 44.7 Å². The Bertz CT molecular complexity index is 323. The maximum atomic E-state index is 11.7. The Morgan fingerprint density at radius 1 is 1.37 bits per heavy atom. The van der Waals surface area contributed by atoms with Crippen LogP contribution in [0.3, 0.4) is 0 Å². The van der Waals surface area contributed by atoms with Gasteiger partial charge in [0.2, 0.25) is 5.91 Å². The zero-order valence-electron chi connectivity index (χ0n) is 12.3. The molecular weight excluding hydrogens is 240 g/mol. The third kappa shape index (κ3) is 3.46. The van der Waals surface area contributed by atoms with Crippen LogP contribution in [0.2, 0.25) is 0 Å². The fourth-order valence-electron chi connectivity index (χ4n) is 3.48. The lowest BCUT2D eigenvalue weighted by Gasteiger charge is -2.34. The molecular formula is C14H28N4O. The molecule has 1 amide bonds. The molecule has 2 aliphatic rings. The first-order valence-corrected chi connectivity index (χ1v) is 7.56. The number of nitrogens with one attached hydrogen (secondary N) is 1. The third-order valence-electron chi connectivity index (χ3n) is 4.54. The summed E-state index contributed by atoms with van der Waals surface area (Å²) in [6, 6.07) is 0.682. The predicted octanol–water partition coefficient (Wildman–Crippen LogP) is 0.0100. The number of carbonyl (C=O) groups excluding carboxylic acids is 1. The normalized spacial score (nSPS) is 28.6. The molecule has 2 heterocycles. The molecule has 2 saturated heterocycles. The molecule has 5 heteroatoms. The van der Waals surface area contributed by atoms with Gasteiger partial charge in [-0.2, -0.15) is 0 Å². The smallest absolute Gasteiger partial charge is 0.238 e. The summed E-state index contributed by atoms with van der Waals surface area (Å²) in [6.45, 7) is 10.0. The Kier molecular flexibility index (Phi) is 4.81. The van der Waals surface area contributed by atoms with Crippen LogP contribution in [0.1, 0.15) is 33.1 Å². The van der Waals surface area contributed by atoms with E-state index in [0.29, 0.717) is 6.04 Å². The molecule has 2 aliphatic heterocycles. The van der Waals surface area contributed by atoms with Gasteiger partial charge >= 0.3 is 0 Å². The van der Waals surface area contributed by atoms with Crippen molar-refractivity contribution in [2.24, 2.45) is 5.73 Å². The largest absolute Gasteiger partial charge is 0.368 e. The molecule has 0 aromatic heterocycles. The second kappa shape index (κ2) is 6.20. The van der Waals surface area contributed by atoms with Gasteiger partial charge in [0, 0.05) is 19.1 Å². The number of nitrogens with zero attached hydrogens (tertiary/aromatic N) is 2. The van der Waals surface area contributed by atoms with Crippen molar-refractivity contribution in [3.63, 3.8) is 0 Å². The van der Waals surface area contributed by atoms with Gasteiger partial charge in [0.25, 0.3) is 0 Å². The van der Waals surface area contributed by atoms with E-state index in [2.05, 4.69) is 15.1 Å². The molecule has 5 nitrogen and oxygen atoms in total. The summed E-state index contributed by atoms with van der Waals surface area (Å²) < 4.78 is 0. The number of rotatable bonds is 5. The minimum atomic E-state index is -0.609. The monoisotopic (exact) mass is 268 g/mol. The number of likely N-dealkylation sites (N-methyl/N-ethyl adjacent to an activating group) is 1. The summed E-state index contributed by atoms with van der Waals surface area (Å²) in [5.41, 5.74) is 4.97. The highest BCUT2D eigenvalue weighted by atomic mass is 16.1. The summed E-state index contributed by atoms with van der Waals surface area (Å²) in [5, 5.41) is 3.26. The van der Waals surface area contributed by atoms with Crippen molar-refractivity contribution < 1.29 is 4.79 Å². The van der Waals surface area contributed by atoms with Crippen LogP contribution in [0, 0.1) is 0 Å². The minimum absolute atomic E-state index is 0.248. The molecule has 0 aromatic carbocycles. The predicted molar refractivity (Wildman–Crippen MR) is 76.9 cm³/mol. The number of fused-ring (bicyclic) bond motifs is 1. The maximum absolute atomic E-state index is 11.7. The van der Waals surface area contributed by atoms with Crippen molar-refractivity contribution >= 4 is 5.91 Å². The highest BCUT2D eigenvalue weighted by molar-refractivity contribution is 5.84. The number of primary amides is 1. The van der Waals surface area contributed by atoms with Crippen LogP contribution in [-0.2, 0) is 4.79 Å². The van der Waals surface area contributed by atoms with E-state index in [9.17, 15) is 4.79 Å². The van der Waals surface area contributed by atoms with Gasteiger partial charge in [-0.05, 0) is 52.4 Å². The van der Waals surface area contributed by atoms with Crippen molar-refractivity contribution in [2.75, 3.05) is 39.3 Å². The zero-order valence-corrected chi connectivity index (χ0v) is 12.3. The summed E-state index contributed by atoms with van der Waals surface area (Å²) in [7, 11) is 0. The minimum Gasteiger partial charge on any atom is -0.368 e. The molecule has 2 fully saturated rings. The Balaban J connectivity index is 1.98. The van der Waals surface area contributed by atoms with Crippen LogP contribution in [0.15, 0.2) is 0 Å². The molecule has 2 unspecified atom stereocenters. The van der Waals surface area contributed by atoms with E-state index in [0.717, 1.165) is 26.2 Å². The van der Waals surface area contributed by atoms with E-state index in [1.807, 2.05) is 13.8 Å². The average Bonchev–Trinajstić information content (AvgIpc) is 2.69.